The molecular formula is C21H28N4OS. The van der Waals surface area contributed by atoms with Crippen LogP contribution in [0.2, 0.25) is 0 Å². The molecule has 1 aliphatic carbocycles. The third-order valence-electron chi connectivity index (χ3n) is 5.77. The van der Waals surface area contributed by atoms with E-state index in [2.05, 4.69) is 44.3 Å². The molecule has 1 N–H and O–H groups in total. The number of hydrogen-bond acceptors (Lipinski definition) is 3. The monoisotopic (exact) mass is 384 g/mol. The summed E-state index contributed by atoms with van der Waals surface area (Å²) in [4.78, 5) is 6.91. The van der Waals surface area contributed by atoms with E-state index in [-0.39, 0.29) is 12.1 Å². The molecule has 2 aliphatic rings. The molecule has 0 amide bonds. The topological polar surface area (TPSA) is 42.3 Å². The van der Waals surface area contributed by atoms with Crippen LogP contribution in [0.1, 0.15) is 61.5 Å². The maximum absolute atomic E-state index is 5.70. The minimum absolute atomic E-state index is 0.0701. The molecule has 144 valence electrons. The number of rotatable bonds is 7. The zero-order valence-corrected chi connectivity index (χ0v) is 16.7. The summed E-state index contributed by atoms with van der Waals surface area (Å²) in [6, 6.07) is 9.22. The van der Waals surface area contributed by atoms with Gasteiger partial charge in [-0.2, -0.15) is 0 Å². The number of thiocarbonyl (C=S) groups is 1. The van der Waals surface area contributed by atoms with Crippen LogP contribution in [0.4, 0.5) is 0 Å². The van der Waals surface area contributed by atoms with Crippen molar-refractivity contribution >= 4 is 17.3 Å². The molecule has 2 unspecified atom stereocenters. The van der Waals surface area contributed by atoms with E-state index in [9.17, 15) is 0 Å². The lowest BCUT2D eigenvalue weighted by Gasteiger charge is -2.27. The van der Waals surface area contributed by atoms with E-state index in [1.807, 2.05) is 18.3 Å². The number of methoxy groups -OCH3 is 1. The van der Waals surface area contributed by atoms with E-state index in [0.29, 0.717) is 6.04 Å². The highest BCUT2D eigenvalue weighted by Crippen LogP contribution is 2.40. The van der Waals surface area contributed by atoms with Crippen LogP contribution in [0.5, 0.6) is 0 Å². The summed E-state index contributed by atoms with van der Waals surface area (Å²) in [5.74, 6) is 0. The van der Waals surface area contributed by atoms with Gasteiger partial charge >= 0.3 is 0 Å². The fourth-order valence-corrected chi connectivity index (χ4v) is 4.76. The lowest BCUT2D eigenvalue weighted by atomic mass is 9.99. The van der Waals surface area contributed by atoms with E-state index >= 15 is 0 Å². The average Bonchev–Trinajstić information content (AvgIpc) is 3.42. The molecule has 0 bridgehead atoms. The van der Waals surface area contributed by atoms with Gasteiger partial charge in [-0.25, -0.2) is 0 Å². The smallest absolute Gasteiger partial charge is 0.170 e. The van der Waals surface area contributed by atoms with Crippen molar-refractivity contribution in [3.05, 3.63) is 54.1 Å². The Labute approximate surface area is 166 Å². The fourth-order valence-electron chi connectivity index (χ4n) is 4.42. The summed E-state index contributed by atoms with van der Waals surface area (Å²) < 4.78 is 7.66. The van der Waals surface area contributed by atoms with Crippen molar-refractivity contribution in [2.75, 3.05) is 20.3 Å². The quantitative estimate of drug-likeness (QED) is 0.577. The summed E-state index contributed by atoms with van der Waals surface area (Å²) in [7, 11) is 1.75. The Morgan fingerprint density at radius 2 is 2.11 bits per heavy atom. The molecule has 0 spiro atoms. The second-order valence-corrected chi connectivity index (χ2v) is 7.88. The van der Waals surface area contributed by atoms with Gasteiger partial charge in [0, 0.05) is 44.9 Å². The summed E-state index contributed by atoms with van der Waals surface area (Å²) in [5, 5.41) is 4.33. The maximum Gasteiger partial charge on any atom is 0.170 e. The van der Waals surface area contributed by atoms with Crippen LogP contribution in [0.15, 0.2) is 42.9 Å². The predicted octanol–water partition coefficient (Wildman–Crippen LogP) is 4.01. The van der Waals surface area contributed by atoms with E-state index < -0.39 is 0 Å². The number of aromatic nitrogens is 2. The average molecular weight is 385 g/mol. The third kappa shape index (κ3) is 3.87. The van der Waals surface area contributed by atoms with Gasteiger partial charge in [0.2, 0.25) is 0 Å². The van der Waals surface area contributed by atoms with Gasteiger partial charge in [0.15, 0.2) is 5.11 Å². The number of nitrogens with zero attached hydrogens (tertiary/aromatic N) is 3. The second kappa shape index (κ2) is 8.40. The van der Waals surface area contributed by atoms with Crippen LogP contribution in [-0.4, -0.2) is 39.8 Å². The zero-order valence-electron chi connectivity index (χ0n) is 15.9. The largest absolute Gasteiger partial charge is 0.385 e. The van der Waals surface area contributed by atoms with Gasteiger partial charge in [0.1, 0.15) is 0 Å². The van der Waals surface area contributed by atoms with Gasteiger partial charge in [-0.1, -0.05) is 18.9 Å². The second-order valence-electron chi connectivity index (χ2n) is 7.50. The third-order valence-corrected chi connectivity index (χ3v) is 6.12. The number of hydrogen-bond donors (Lipinski definition) is 1. The van der Waals surface area contributed by atoms with Crippen LogP contribution in [0, 0.1) is 0 Å². The zero-order chi connectivity index (χ0) is 18.6. The van der Waals surface area contributed by atoms with Crippen LogP contribution in [-0.2, 0) is 4.74 Å². The molecule has 4 rings (SSSR count). The van der Waals surface area contributed by atoms with Gasteiger partial charge < -0.3 is 19.5 Å². The molecule has 2 aromatic heterocycles. The standard InChI is InChI=1S/C21H28N4OS/c1-26-14-6-12-25-20(16-10-13-24(15-16)17-7-2-3-8-17)19(23-21(25)27)18-9-4-5-11-22-18/h4-5,9-11,13,15,17,19-20H,2-3,6-8,12,14H2,1H3,(H,23,27). The minimum Gasteiger partial charge on any atom is -0.385 e. The molecule has 2 atom stereocenters. The van der Waals surface area contributed by atoms with E-state index in [1.165, 1.54) is 31.2 Å². The predicted molar refractivity (Wildman–Crippen MR) is 111 cm³/mol. The van der Waals surface area contributed by atoms with Crippen molar-refractivity contribution in [1.29, 1.82) is 0 Å². The van der Waals surface area contributed by atoms with Crippen molar-refractivity contribution in [2.24, 2.45) is 0 Å². The van der Waals surface area contributed by atoms with Crippen molar-refractivity contribution in [2.45, 2.75) is 50.2 Å². The van der Waals surface area contributed by atoms with Gasteiger partial charge in [-0.05, 0) is 55.2 Å². The van der Waals surface area contributed by atoms with Crippen molar-refractivity contribution in [3.8, 4) is 0 Å². The summed E-state index contributed by atoms with van der Waals surface area (Å²) in [5.41, 5.74) is 2.34. The molecule has 0 radical (unpaired) electrons. The summed E-state index contributed by atoms with van der Waals surface area (Å²) in [6.07, 6.45) is 12.6. The Morgan fingerprint density at radius 1 is 1.26 bits per heavy atom. The van der Waals surface area contributed by atoms with E-state index in [1.54, 1.807) is 7.11 Å². The molecule has 2 aromatic rings. The maximum atomic E-state index is 5.70. The molecule has 5 nitrogen and oxygen atoms in total. The fraction of sp³-hybridized carbons (Fsp3) is 0.524. The molecule has 27 heavy (non-hydrogen) atoms. The molecule has 1 saturated heterocycles. The van der Waals surface area contributed by atoms with Crippen LogP contribution < -0.4 is 5.32 Å². The number of ether oxygens (including phenoxy) is 1. The molecule has 6 heteroatoms. The summed E-state index contributed by atoms with van der Waals surface area (Å²) in [6.45, 7) is 1.62. The first-order chi connectivity index (χ1) is 13.3. The van der Waals surface area contributed by atoms with Crippen LogP contribution in [0.3, 0.4) is 0 Å². The SMILES string of the molecule is COCCCN1C(=S)NC(c2ccccn2)C1c1ccn(C2CCCC2)c1. The van der Waals surface area contributed by atoms with E-state index in [0.717, 1.165) is 30.4 Å². The van der Waals surface area contributed by atoms with Gasteiger partial charge in [-0.15, -0.1) is 0 Å². The highest BCUT2D eigenvalue weighted by molar-refractivity contribution is 7.80. The van der Waals surface area contributed by atoms with Gasteiger partial charge in [0.25, 0.3) is 0 Å². The molecule has 1 saturated carbocycles. The Hall–Kier alpha value is -1.92. The van der Waals surface area contributed by atoms with Gasteiger partial charge in [-0.3, -0.25) is 4.98 Å². The molecule has 2 fully saturated rings. The number of nitrogens with one attached hydrogen (secondary N) is 1. The summed E-state index contributed by atoms with van der Waals surface area (Å²) >= 11 is 5.70. The molecular weight excluding hydrogens is 356 g/mol. The lowest BCUT2D eigenvalue weighted by Crippen LogP contribution is -2.31. The first kappa shape index (κ1) is 18.4. The van der Waals surface area contributed by atoms with E-state index in [4.69, 9.17) is 17.0 Å². The molecule has 0 aromatic carbocycles. The van der Waals surface area contributed by atoms with Crippen LogP contribution in [0.25, 0.3) is 0 Å². The van der Waals surface area contributed by atoms with Crippen molar-refractivity contribution < 1.29 is 4.74 Å². The molecule has 1 aliphatic heterocycles. The Kier molecular flexibility index (Phi) is 5.74. The highest BCUT2D eigenvalue weighted by Gasteiger charge is 2.39. The van der Waals surface area contributed by atoms with Crippen molar-refractivity contribution in [1.82, 2.24) is 19.8 Å². The van der Waals surface area contributed by atoms with Crippen LogP contribution >= 0.6 is 12.2 Å². The first-order valence-corrected chi connectivity index (χ1v) is 10.3. The Bertz CT molecular complexity index is 757. The van der Waals surface area contributed by atoms with Crippen molar-refractivity contribution in [3.63, 3.8) is 0 Å². The minimum atomic E-state index is 0.0701. The Balaban J connectivity index is 1.63. The Morgan fingerprint density at radius 3 is 2.85 bits per heavy atom. The highest BCUT2D eigenvalue weighted by atomic mass is 32.1. The molecule has 3 heterocycles. The lowest BCUT2D eigenvalue weighted by molar-refractivity contribution is 0.180. The first-order valence-electron chi connectivity index (χ1n) is 9.92. The van der Waals surface area contributed by atoms with Gasteiger partial charge in [0.05, 0.1) is 17.8 Å². The normalized spacial score (nSPS) is 23.1. The number of pyridine rings is 1.